The lowest BCUT2D eigenvalue weighted by Crippen LogP contribution is -2.43. The zero-order chi connectivity index (χ0) is 16.4. The van der Waals surface area contributed by atoms with Gasteiger partial charge in [0.2, 0.25) is 0 Å². The highest BCUT2D eigenvalue weighted by molar-refractivity contribution is 7.99. The number of hydrogen-bond acceptors (Lipinski definition) is 4. The summed E-state index contributed by atoms with van der Waals surface area (Å²) < 4.78 is 5.82. The van der Waals surface area contributed by atoms with Crippen LogP contribution in [0.1, 0.15) is 28.1 Å². The summed E-state index contributed by atoms with van der Waals surface area (Å²) in [6, 6.07) is 9.62. The van der Waals surface area contributed by atoms with Gasteiger partial charge in [0.1, 0.15) is 11.5 Å². The molecule has 1 aromatic carbocycles. The first kappa shape index (κ1) is 16.1. The molecule has 0 aliphatic carbocycles. The molecule has 122 valence electrons. The molecule has 1 amide bonds. The lowest BCUT2D eigenvalue weighted by atomic mass is 10.0. The summed E-state index contributed by atoms with van der Waals surface area (Å²) >= 11 is 1.72. The second-order valence-electron chi connectivity index (χ2n) is 6.06. The molecule has 0 unspecified atom stereocenters. The van der Waals surface area contributed by atoms with Crippen LogP contribution in [0.4, 0.5) is 0 Å². The van der Waals surface area contributed by atoms with Crippen LogP contribution >= 0.6 is 11.8 Å². The van der Waals surface area contributed by atoms with Gasteiger partial charge >= 0.3 is 0 Å². The number of amides is 1. The van der Waals surface area contributed by atoms with Gasteiger partial charge in [-0.2, -0.15) is 11.8 Å². The van der Waals surface area contributed by atoms with E-state index in [1.165, 1.54) is 0 Å². The van der Waals surface area contributed by atoms with Crippen molar-refractivity contribution < 1.29 is 14.3 Å². The lowest BCUT2D eigenvalue weighted by Gasteiger charge is -2.21. The third-order valence-corrected chi connectivity index (χ3v) is 5.54. The fraction of sp³-hybridized carbons (Fsp3) is 0.389. The van der Waals surface area contributed by atoms with Gasteiger partial charge in [-0.15, -0.1) is 0 Å². The van der Waals surface area contributed by atoms with Crippen molar-refractivity contribution in [3.8, 4) is 11.3 Å². The quantitative estimate of drug-likeness (QED) is 0.903. The minimum absolute atomic E-state index is 0.191. The fourth-order valence-electron chi connectivity index (χ4n) is 2.76. The normalized spacial score (nSPS) is 20.7. The maximum Gasteiger partial charge on any atom is 0.255 e. The Bertz CT molecular complexity index is 703. The van der Waals surface area contributed by atoms with Crippen LogP contribution in [0.2, 0.25) is 0 Å². The first-order chi connectivity index (χ1) is 11.0. The molecular weight excluding hydrogens is 310 g/mol. The number of nitrogens with one attached hydrogen (secondary N) is 1. The molecule has 1 aliphatic heterocycles. The summed E-state index contributed by atoms with van der Waals surface area (Å²) in [7, 11) is 0. The smallest absolute Gasteiger partial charge is 0.255 e. The molecule has 2 N–H and O–H groups in total. The molecule has 1 saturated heterocycles. The first-order valence-corrected chi connectivity index (χ1v) is 8.89. The topological polar surface area (TPSA) is 62.5 Å². The molecule has 5 heteroatoms. The highest BCUT2D eigenvalue weighted by atomic mass is 32.2. The highest BCUT2D eigenvalue weighted by Gasteiger charge is 2.33. The van der Waals surface area contributed by atoms with E-state index in [1.54, 1.807) is 11.8 Å². The van der Waals surface area contributed by atoms with Crippen LogP contribution in [0.3, 0.4) is 0 Å². The lowest BCUT2D eigenvalue weighted by molar-refractivity contribution is 0.0612. The summed E-state index contributed by atoms with van der Waals surface area (Å²) in [6.45, 7) is 4.02. The summed E-state index contributed by atoms with van der Waals surface area (Å²) in [5.41, 5.74) is 1.49. The third kappa shape index (κ3) is 3.31. The molecule has 1 aromatic heterocycles. The zero-order valence-corrected chi connectivity index (χ0v) is 14.2. The van der Waals surface area contributed by atoms with Gasteiger partial charge in [-0.1, -0.05) is 30.3 Å². The van der Waals surface area contributed by atoms with E-state index in [2.05, 4.69) is 5.32 Å². The Kier molecular flexibility index (Phi) is 4.50. The maximum atomic E-state index is 12.7. The van der Waals surface area contributed by atoms with Crippen molar-refractivity contribution in [3.63, 3.8) is 0 Å². The van der Waals surface area contributed by atoms with E-state index in [-0.39, 0.29) is 12.5 Å². The molecular formula is C18H21NO3S. The van der Waals surface area contributed by atoms with E-state index in [0.29, 0.717) is 23.5 Å². The van der Waals surface area contributed by atoms with E-state index >= 15 is 0 Å². The van der Waals surface area contributed by atoms with Gasteiger partial charge in [-0.3, -0.25) is 4.79 Å². The Hall–Kier alpha value is -1.72. The van der Waals surface area contributed by atoms with E-state index < -0.39 is 5.60 Å². The van der Waals surface area contributed by atoms with E-state index in [0.717, 1.165) is 22.6 Å². The predicted octanol–water partition coefficient (Wildman–Crippen LogP) is 3.16. The van der Waals surface area contributed by atoms with Crippen LogP contribution in [-0.2, 0) is 0 Å². The van der Waals surface area contributed by atoms with Crippen LogP contribution in [-0.4, -0.2) is 34.7 Å². The number of furan rings is 1. The molecule has 1 aliphatic rings. The number of carbonyl (C=O) groups is 1. The van der Waals surface area contributed by atoms with Crippen LogP contribution in [0.25, 0.3) is 11.3 Å². The van der Waals surface area contributed by atoms with Crippen molar-refractivity contribution in [1.82, 2.24) is 5.32 Å². The Labute approximate surface area is 140 Å². The third-order valence-electron chi connectivity index (χ3n) is 4.31. The summed E-state index contributed by atoms with van der Waals surface area (Å²) in [5.74, 6) is 2.74. The van der Waals surface area contributed by atoms with Crippen LogP contribution < -0.4 is 5.32 Å². The van der Waals surface area contributed by atoms with Gasteiger partial charge < -0.3 is 14.8 Å². The molecule has 2 aromatic rings. The Morgan fingerprint density at radius 1 is 1.35 bits per heavy atom. The van der Waals surface area contributed by atoms with Crippen LogP contribution in [0.15, 0.2) is 34.7 Å². The van der Waals surface area contributed by atoms with E-state index in [9.17, 15) is 9.90 Å². The molecule has 0 bridgehead atoms. The molecule has 3 rings (SSSR count). The van der Waals surface area contributed by atoms with Gasteiger partial charge in [-0.05, 0) is 26.0 Å². The molecule has 23 heavy (non-hydrogen) atoms. The Balaban J connectivity index is 1.85. The number of carbonyl (C=O) groups excluding carboxylic acids is 1. The minimum Gasteiger partial charge on any atom is -0.460 e. The number of rotatable bonds is 4. The van der Waals surface area contributed by atoms with Gasteiger partial charge in [-0.25, -0.2) is 0 Å². The Morgan fingerprint density at radius 3 is 2.74 bits per heavy atom. The monoisotopic (exact) mass is 331 g/mol. The van der Waals surface area contributed by atoms with Crippen LogP contribution in [0, 0.1) is 13.8 Å². The summed E-state index contributed by atoms with van der Waals surface area (Å²) in [5, 5.41) is 13.3. The zero-order valence-electron chi connectivity index (χ0n) is 13.4. The second-order valence-corrected chi connectivity index (χ2v) is 7.17. The summed E-state index contributed by atoms with van der Waals surface area (Å²) in [4.78, 5) is 12.7. The van der Waals surface area contributed by atoms with E-state index in [1.807, 2.05) is 44.2 Å². The molecule has 1 fully saturated rings. The van der Waals surface area contributed by atoms with Crippen molar-refractivity contribution in [2.24, 2.45) is 0 Å². The average Bonchev–Trinajstić information content (AvgIpc) is 3.11. The highest BCUT2D eigenvalue weighted by Crippen LogP contribution is 2.31. The van der Waals surface area contributed by atoms with Gasteiger partial charge in [0.25, 0.3) is 5.91 Å². The van der Waals surface area contributed by atoms with Crippen LogP contribution in [0.5, 0.6) is 0 Å². The molecule has 0 spiro atoms. The average molecular weight is 331 g/mol. The van der Waals surface area contributed by atoms with Crippen molar-refractivity contribution in [3.05, 3.63) is 47.2 Å². The van der Waals surface area contributed by atoms with Crippen molar-refractivity contribution in [1.29, 1.82) is 0 Å². The number of hydrogen-bond donors (Lipinski definition) is 2. The minimum atomic E-state index is -0.792. The molecule has 1 atom stereocenters. The first-order valence-electron chi connectivity index (χ1n) is 7.74. The number of benzene rings is 1. The molecule has 4 nitrogen and oxygen atoms in total. The van der Waals surface area contributed by atoms with E-state index in [4.69, 9.17) is 4.42 Å². The van der Waals surface area contributed by atoms with Crippen molar-refractivity contribution >= 4 is 17.7 Å². The van der Waals surface area contributed by atoms with Crippen molar-refractivity contribution in [2.75, 3.05) is 18.1 Å². The SMILES string of the molecule is Cc1oc(-c2ccccc2)c(C(=O)NC[C@]2(O)CCSC2)c1C. The van der Waals surface area contributed by atoms with Crippen molar-refractivity contribution in [2.45, 2.75) is 25.9 Å². The number of aliphatic hydroxyl groups is 1. The van der Waals surface area contributed by atoms with Gasteiger partial charge in [0, 0.05) is 23.4 Å². The summed E-state index contributed by atoms with van der Waals surface area (Å²) in [6.07, 6.45) is 0.715. The van der Waals surface area contributed by atoms with Gasteiger partial charge in [0.05, 0.1) is 11.2 Å². The molecule has 0 radical (unpaired) electrons. The second kappa shape index (κ2) is 6.42. The maximum absolute atomic E-state index is 12.7. The predicted molar refractivity (Wildman–Crippen MR) is 92.8 cm³/mol. The number of thioether (sulfide) groups is 1. The largest absolute Gasteiger partial charge is 0.460 e. The molecule has 0 saturated carbocycles. The standard InChI is InChI=1S/C18H21NO3S/c1-12-13(2)22-16(14-6-4-3-5-7-14)15(12)17(20)19-10-18(21)8-9-23-11-18/h3-7,21H,8-11H2,1-2H3,(H,19,20)/t18-/m1/s1. The van der Waals surface area contributed by atoms with Gasteiger partial charge in [0.15, 0.2) is 0 Å². The fourth-order valence-corrected chi connectivity index (χ4v) is 4.06. The molecule has 2 heterocycles. The Morgan fingerprint density at radius 2 is 2.09 bits per heavy atom. The number of aryl methyl sites for hydroxylation is 1.